The molecule has 3 saturated heterocycles. The van der Waals surface area contributed by atoms with Gasteiger partial charge in [-0.2, -0.15) is 4.99 Å². The van der Waals surface area contributed by atoms with Gasteiger partial charge in [0, 0.05) is 35.3 Å². The smallest absolute Gasteiger partial charge is 0.252 e. The van der Waals surface area contributed by atoms with E-state index in [1.165, 1.54) is 23.0 Å². The molecule has 0 radical (unpaired) electrons. The van der Waals surface area contributed by atoms with Crippen LogP contribution < -0.4 is 14.5 Å². The molecule has 41 heavy (non-hydrogen) atoms. The van der Waals surface area contributed by atoms with Gasteiger partial charge in [0.25, 0.3) is 5.91 Å². The first-order chi connectivity index (χ1) is 19.9. The first-order valence-electron chi connectivity index (χ1n) is 14.2. The Labute approximate surface area is 246 Å². The van der Waals surface area contributed by atoms with Crippen LogP contribution in [0.4, 0.5) is 11.4 Å². The lowest BCUT2D eigenvalue weighted by molar-refractivity contribution is -0.117. The number of ether oxygens (including phenoxy) is 1. The molecule has 3 fully saturated rings. The predicted octanol–water partition coefficient (Wildman–Crippen LogP) is 5.00. The van der Waals surface area contributed by atoms with E-state index in [0.29, 0.717) is 16.8 Å². The zero-order valence-electron chi connectivity index (χ0n) is 23.2. The number of amidine groups is 1. The molecule has 2 unspecified atom stereocenters. The quantitative estimate of drug-likeness (QED) is 0.384. The summed E-state index contributed by atoms with van der Waals surface area (Å²) in [5.74, 6) is 1.25. The summed E-state index contributed by atoms with van der Waals surface area (Å²) in [6.07, 6.45) is 3.57. The highest BCUT2D eigenvalue weighted by Crippen LogP contribution is 2.41. The fourth-order valence-corrected chi connectivity index (χ4v) is 10.1. The molecular weight excluding hydrogens is 555 g/mol. The number of hydrogen-bond acceptors (Lipinski definition) is 6. The summed E-state index contributed by atoms with van der Waals surface area (Å²) in [7, 11) is -1.55. The molecule has 0 saturated carbocycles. The molecule has 2 atom stereocenters. The molecule has 3 aromatic rings. The average molecular weight is 590 g/mol. The van der Waals surface area contributed by atoms with E-state index in [1.807, 2.05) is 41.3 Å². The second-order valence-corrected chi connectivity index (χ2v) is 14.4. The van der Waals surface area contributed by atoms with Crippen molar-refractivity contribution in [3.8, 4) is 5.75 Å². The van der Waals surface area contributed by atoms with Crippen molar-refractivity contribution in [3.05, 3.63) is 90.0 Å². The van der Waals surface area contributed by atoms with Gasteiger partial charge in [-0.05, 0) is 61.1 Å². The lowest BCUT2D eigenvalue weighted by Crippen LogP contribution is -2.38. The third-order valence-electron chi connectivity index (χ3n) is 8.30. The van der Waals surface area contributed by atoms with Crippen molar-refractivity contribution in [3.63, 3.8) is 0 Å². The number of fused-ring (bicyclic) bond motifs is 1. The van der Waals surface area contributed by atoms with E-state index in [9.17, 15) is 13.2 Å². The Morgan fingerprint density at radius 3 is 2.34 bits per heavy atom. The van der Waals surface area contributed by atoms with Crippen molar-refractivity contribution >= 4 is 44.0 Å². The van der Waals surface area contributed by atoms with Crippen LogP contribution in [0, 0.1) is 5.92 Å². The molecule has 6 rings (SSSR count). The molecule has 0 aliphatic carbocycles. The number of aliphatic imine (C=N–C) groups is 1. The minimum Gasteiger partial charge on any atom is -0.496 e. The second kappa shape index (κ2) is 11.9. The van der Waals surface area contributed by atoms with E-state index in [4.69, 9.17) is 4.74 Å². The van der Waals surface area contributed by atoms with Gasteiger partial charge >= 0.3 is 0 Å². The average Bonchev–Trinajstić information content (AvgIpc) is 3.44. The third-order valence-corrected chi connectivity index (χ3v) is 11.5. The minimum absolute atomic E-state index is 0.0705. The number of benzene rings is 3. The molecule has 3 aliphatic rings. The van der Waals surface area contributed by atoms with Crippen LogP contribution in [0.3, 0.4) is 0 Å². The normalized spacial score (nSPS) is 23.1. The zero-order chi connectivity index (χ0) is 28.4. The van der Waals surface area contributed by atoms with E-state index >= 15 is 0 Å². The fraction of sp³-hybridized carbons (Fsp3) is 0.375. The Balaban J connectivity index is 1.17. The van der Waals surface area contributed by atoms with Crippen molar-refractivity contribution in [2.45, 2.75) is 37.0 Å². The minimum atomic E-state index is -3.14. The number of thioether (sulfide) groups is 1. The van der Waals surface area contributed by atoms with Gasteiger partial charge in [-0.3, -0.25) is 4.79 Å². The molecular formula is C32H35N3O4S2. The number of amides is 1. The Kier molecular flexibility index (Phi) is 8.08. The summed E-state index contributed by atoms with van der Waals surface area (Å²) < 4.78 is 30.4. The van der Waals surface area contributed by atoms with Gasteiger partial charge < -0.3 is 14.5 Å². The van der Waals surface area contributed by atoms with Crippen LogP contribution in [0.5, 0.6) is 5.75 Å². The Bertz CT molecular complexity index is 1520. The number of sulfone groups is 1. The van der Waals surface area contributed by atoms with Crippen molar-refractivity contribution < 1.29 is 17.9 Å². The lowest BCUT2D eigenvalue weighted by atomic mass is 9.90. The number of carbonyl (C=O) groups is 1. The van der Waals surface area contributed by atoms with Gasteiger partial charge in [-0.25, -0.2) is 8.42 Å². The first-order valence-corrected chi connectivity index (χ1v) is 16.9. The van der Waals surface area contributed by atoms with E-state index in [0.717, 1.165) is 43.6 Å². The van der Waals surface area contributed by atoms with Crippen LogP contribution >= 0.6 is 11.8 Å². The number of rotatable bonds is 7. The summed E-state index contributed by atoms with van der Waals surface area (Å²) in [5.41, 5.74) is 4.22. The summed E-state index contributed by atoms with van der Waals surface area (Å²) in [4.78, 5) is 21.9. The number of hydrogen-bond donors (Lipinski definition) is 0. The lowest BCUT2D eigenvalue weighted by Gasteiger charge is -2.34. The Morgan fingerprint density at radius 2 is 1.61 bits per heavy atom. The summed E-state index contributed by atoms with van der Waals surface area (Å²) in [5, 5.41) is 0.436. The van der Waals surface area contributed by atoms with Crippen LogP contribution in [0.2, 0.25) is 0 Å². The van der Waals surface area contributed by atoms with Gasteiger partial charge in [0.2, 0.25) is 0 Å². The van der Waals surface area contributed by atoms with E-state index < -0.39 is 9.84 Å². The van der Waals surface area contributed by atoms with Gasteiger partial charge in [0.05, 0.1) is 31.1 Å². The van der Waals surface area contributed by atoms with E-state index in [1.54, 1.807) is 7.11 Å². The maximum absolute atomic E-state index is 13.1. The molecule has 7 nitrogen and oxygen atoms in total. The Hall–Kier alpha value is -3.30. The monoisotopic (exact) mass is 589 g/mol. The van der Waals surface area contributed by atoms with Crippen molar-refractivity contribution in [1.82, 2.24) is 0 Å². The largest absolute Gasteiger partial charge is 0.496 e. The standard InChI is InChI=1S/C32H35N3O4S2/c1-39-29-10-6-5-9-25(29)20-31(36)33-32-35(28-21-41(37,38)22-30(28)40-32)27-13-11-26(12-14-27)34-17-15-24(16-18-34)19-23-7-3-2-4-8-23/h2-14,24,28,30H,15-22H2,1H3. The summed E-state index contributed by atoms with van der Waals surface area (Å²) in [6, 6.07) is 26.2. The summed E-state index contributed by atoms with van der Waals surface area (Å²) >= 11 is 1.40. The number of piperidine rings is 1. The molecule has 9 heteroatoms. The maximum Gasteiger partial charge on any atom is 0.252 e. The van der Waals surface area contributed by atoms with Gasteiger partial charge in [0.15, 0.2) is 15.0 Å². The molecule has 3 aromatic carbocycles. The van der Waals surface area contributed by atoms with Crippen LogP contribution in [-0.4, -0.2) is 62.5 Å². The Morgan fingerprint density at radius 1 is 0.927 bits per heavy atom. The SMILES string of the molecule is COc1ccccc1CC(=O)N=C1SC2CS(=O)(=O)CC2N1c1ccc(N2CCC(Cc3ccccc3)CC2)cc1. The fourth-order valence-electron chi connectivity index (χ4n) is 6.19. The molecule has 1 amide bonds. The first kappa shape index (κ1) is 27.8. The van der Waals surface area contributed by atoms with Crippen molar-refractivity contribution in [2.75, 3.05) is 41.5 Å². The highest BCUT2D eigenvalue weighted by atomic mass is 32.2. The molecule has 0 aromatic heterocycles. The molecule has 3 aliphatic heterocycles. The van der Waals surface area contributed by atoms with Crippen LogP contribution in [0.25, 0.3) is 0 Å². The maximum atomic E-state index is 13.1. The second-order valence-electron chi connectivity index (χ2n) is 11.1. The van der Waals surface area contributed by atoms with Gasteiger partial charge in [-0.15, -0.1) is 0 Å². The molecule has 0 N–H and O–H groups in total. The van der Waals surface area contributed by atoms with Gasteiger partial charge in [0.1, 0.15) is 5.75 Å². The van der Waals surface area contributed by atoms with Crippen LogP contribution in [-0.2, 0) is 27.5 Å². The molecule has 214 valence electrons. The molecule has 3 heterocycles. The van der Waals surface area contributed by atoms with E-state index in [-0.39, 0.29) is 35.1 Å². The van der Waals surface area contributed by atoms with Crippen LogP contribution in [0.1, 0.15) is 24.0 Å². The number of anilines is 2. The van der Waals surface area contributed by atoms with E-state index in [2.05, 4.69) is 52.4 Å². The number of methoxy groups -OCH3 is 1. The van der Waals surface area contributed by atoms with Crippen molar-refractivity contribution in [1.29, 1.82) is 0 Å². The highest BCUT2D eigenvalue weighted by Gasteiger charge is 2.49. The topological polar surface area (TPSA) is 79.3 Å². The molecule has 0 spiro atoms. The number of nitrogens with zero attached hydrogens (tertiary/aromatic N) is 3. The number of para-hydroxylation sites is 1. The molecule has 0 bridgehead atoms. The number of carbonyl (C=O) groups excluding carboxylic acids is 1. The van der Waals surface area contributed by atoms with Crippen LogP contribution in [0.15, 0.2) is 83.9 Å². The summed E-state index contributed by atoms with van der Waals surface area (Å²) in [6.45, 7) is 2.03. The highest BCUT2D eigenvalue weighted by molar-refractivity contribution is 8.16. The van der Waals surface area contributed by atoms with Crippen molar-refractivity contribution in [2.24, 2.45) is 10.9 Å². The van der Waals surface area contributed by atoms with Gasteiger partial charge in [-0.1, -0.05) is 60.3 Å². The predicted molar refractivity (Wildman–Crippen MR) is 167 cm³/mol. The zero-order valence-corrected chi connectivity index (χ0v) is 24.8. The third kappa shape index (κ3) is 6.31.